The summed E-state index contributed by atoms with van der Waals surface area (Å²) in [6.45, 7) is 11.3. The molecule has 3 N–H and O–H groups in total. The SMILES string of the molecule is CCCCOc1ccc(C(C)NC(=O)C2(N)CC(OCC)C2(C)C)cc1OC.Cl. The molecule has 0 heterocycles. The number of nitrogens with two attached hydrogens (primary N) is 1. The number of nitrogens with one attached hydrogen (secondary N) is 1. The maximum Gasteiger partial charge on any atom is 0.241 e. The van der Waals surface area contributed by atoms with Gasteiger partial charge in [0.2, 0.25) is 5.91 Å². The van der Waals surface area contributed by atoms with Crippen molar-refractivity contribution in [2.75, 3.05) is 20.3 Å². The smallest absolute Gasteiger partial charge is 0.241 e. The van der Waals surface area contributed by atoms with Crippen LogP contribution in [0.3, 0.4) is 0 Å². The van der Waals surface area contributed by atoms with E-state index in [9.17, 15) is 4.79 Å². The molecule has 1 saturated carbocycles. The van der Waals surface area contributed by atoms with E-state index in [2.05, 4.69) is 12.2 Å². The van der Waals surface area contributed by atoms with Gasteiger partial charge in [0.1, 0.15) is 5.54 Å². The zero-order valence-corrected chi connectivity index (χ0v) is 19.4. The summed E-state index contributed by atoms with van der Waals surface area (Å²) in [6.07, 6.45) is 2.60. The third-order valence-corrected chi connectivity index (χ3v) is 6.03. The second kappa shape index (κ2) is 10.5. The highest BCUT2D eigenvalue weighted by atomic mass is 35.5. The van der Waals surface area contributed by atoms with E-state index < -0.39 is 11.0 Å². The van der Waals surface area contributed by atoms with Crippen LogP contribution < -0.4 is 20.5 Å². The molecule has 6 nitrogen and oxygen atoms in total. The van der Waals surface area contributed by atoms with E-state index in [0.717, 1.165) is 18.4 Å². The number of halogens is 1. The van der Waals surface area contributed by atoms with Crippen LogP contribution in [-0.2, 0) is 9.53 Å². The number of amides is 1. The third kappa shape index (κ3) is 5.16. The summed E-state index contributed by atoms with van der Waals surface area (Å²) < 4.78 is 17.0. The zero-order valence-electron chi connectivity index (χ0n) is 18.5. The lowest BCUT2D eigenvalue weighted by molar-refractivity contribution is -0.171. The number of carbonyl (C=O) groups is 1. The molecule has 0 aliphatic heterocycles. The van der Waals surface area contributed by atoms with Gasteiger partial charge in [-0.2, -0.15) is 0 Å². The highest BCUT2D eigenvalue weighted by Gasteiger charge is 2.62. The average molecular weight is 429 g/mol. The van der Waals surface area contributed by atoms with Crippen molar-refractivity contribution in [3.8, 4) is 11.5 Å². The molecule has 1 aromatic carbocycles. The van der Waals surface area contributed by atoms with Gasteiger partial charge in [-0.25, -0.2) is 0 Å². The molecule has 2 rings (SSSR count). The summed E-state index contributed by atoms with van der Waals surface area (Å²) >= 11 is 0. The number of unbranched alkanes of at least 4 members (excludes halogenated alkanes) is 1. The molecule has 3 atom stereocenters. The number of benzene rings is 1. The van der Waals surface area contributed by atoms with Gasteiger partial charge in [-0.3, -0.25) is 4.79 Å². The van der Waals surface area contributed by atoms with Gasteiger partial charge in [-0.15, -0.1) is 12.4 Å². The Labute approximate surface area is 181 Å². The molecule has 0 saturated heterocycles. The Hall–Kier alpha value is -1.50. The van der Waals surface area contributed by atoms with Crippen molar-refractivity contribution in [3.63, 3.8) is 0 Å². The van der Waals surface area contributed by atoms with Crippen LogP contribution in [0.5, 0.6) is 11.5 Å². The number of hydrogen-bond donors (Lipinski definition) is 2. The molecule has 0 spiro atoms. The minimum Gasteiger partial charge on any atom is -0.493 e. The number of rotatable bonds is 10. The third-order valence-electron chi connectivity index (χ3n) is 6.03. The highest BCUT2D eigenvalue weighted by molar-refractivity contribution is 5.89. The van der Waals surface area contributed by atoms with Gasteiger partial charge in [0.25, 0.3) is 0 Å². The van der Waals surface area contributed by atoms with Gasteiger partial charge >= 0.3 is 0 Å². The first-order chi connectivity index (χ1) is 13.2. The lowest BCUT2D eigenvalue weighted by atomic mass is 9.54. The van der Waals surface area contributed by atoms with E-state index in [-0.39, 0.29) is 30.5 Å². The van der Waals surface area contributed by atoms with E-state index in [0.29, 0.717) is 31.1 Å². The minimum absolute atomic E-state index is 0. The quantitative estimate of drug-likeness (QED) is 0.550. The predicted octanol–water partition coefficient (Wildman–Crippen LogP) is 4.01. The molecule has 1 fully saturated rings. The van der Waals surface area contributed by atoms with Crippen LogP contribution in [0, 0.1) is 5.41 Å². The standard InChI is InChI=1S/C22H36N2O4.ClH/c1-7-9-12-28-17-11-10-16(13-18(17)26-6)15(3)24-20(25)22(23)14-19(27-8-2)21(22,4)5;/h10-11,13,15,19H,7-9,12,14,23H2,1-6H3,(H,24,25);1H. The number of carbonyl (C=O) groups excluding carboxylic acids is 1. The fraction of sp³-hybridized carbons (Fsp3) is 0.682. The van der Waals surface area contributed by atoms with Crippen LogP contribution in [0.15, 0.2) is 18.2 Å². The molecule has 0 aromatic heterocycles. The van der Waals surface area contributed by atoms with Crippen LogP contribution in [0.1, 0.15) is 65.5 Å². The molecule has 1 aliphatic rings. The number of ether oxygens (including phenoxy) is 3. The van der Waals surface area contributed by atoms with Crippen LogP contribution in [0.2, 0.25) is 0 Å². The zero-order chi connectivity index (χ0) is 20.9. The van der Waals surface area contributed by atoms with Crippen LogP contribution in [0.25, 0.3) is 0 Å². The topological polar surface area (TPSA) is 82.8 Å². The monoisotopic (exact) mass is 428 g/mol. The first kappa shape index (κ1) is 25.5. The summed E-state index contributed by atoms with van der Waals surface area (Å²) in [4.78, 5) is 12.9. The van der Waals surface area contributed by atoms with Crippen LogP contribution in [0.4, 0.5) is 0 Å². The van der Waals surface area contributed by atoms with Gasteiger partial charge in [0.05, 0.1) is 25.9 Å². The molecule has 1 aliphatic carbocycles. The van der Waals surface area contributed by atoms with Crippen molar-refractivity contribution in [2.24, 2.45) is 11.1 Å². The molecule has 3 unspecified atom stereocenters. The van der Waals surface area contributed by atoms with E-state index in [1.807, 2.05) is 45.9 Å². The maximum atomic E-state index is 12.9. The molecule has 166 valence electrons. The van der Waals surface area contributed by atoms with Crippen molar-refractivity contribution in [1.82, 2.24) is 5.32 Å². The lowest BCUT2D eigenvalue weighted by Crippen LogP contribution is -2.75. The Morgan fingerprint density at radius 3 is 2.55 bits per heavy atom. The van der Waals surface area contributed by atoms with E-state index >= 15 is 0 Å². The summed E-state index contributed by atoms with van der Waals surface area (Å²) in [5, 5.41) is 3.06. The molecular formula is C22H37ClN2O4. The largest absolute Gasteiger partial charge is 0.493 e. The highest BCUT2D eigenvalue weighted by Crippen LogP contribution is 2.50. The Balaban J connectivity index is 0.00000420. The van der Waals surface area contributed by atoms with Gasteiger partial charge in [0, 0.05) is 18.4 Å². The van der Waals surface area contributed by atoms with Crippen LogP contribution >= 0.6 is 12.4 Å². The number of methoxy groups -OCH3 is 1. The molecule has 7 heteroatoms. The van der Waals surface area contributed by atoms with E-state index in [1.54, 1.807) is 7.11 Å². The minimum atomic E-state index is -0.936. The first-order valence-corrected chi connectivity index (χ1v) is 10.2. The van der Waals surface area contributed by atoms with Gasteiger partial charge in [0.15, 0.2) is 11.5 Å². The van der Waals surface area contributed by atoms with Crippen LogP contribution in [-0.4, -0.2) is 37.9 Å². The Morgan fingerprint density at radius 1 is 1.31 bits per heavy atom. The van der Waals surface area contributed by atoms with Crippen molar-refractivity contribution < 1.29 is 19.0 Å². The summed E-state index contributed by atoms with van der Waals surface area (Å²) in [5.74, 6) is 1.23. The van der Waals surface area contributed by atoms with Crippen molar-refractivity contribution >= 4 is 18.3 Å². The molecule has 1 amide bonds. The van der Waals surface area contributed by atoms with Crippen molar-refractivity contribution in [2.45, 2.75) is 71.6 Å². The maximum absolute atomic E-state index is 12.9. The Bertz CT molecular complexity index is 683. The Morgan fingerprint density at radius 2 is 2.00 bits per heavy atom. The second-order valence-corrected chi connectivity index (χ2v) is 8.15. The normalized spacial score (nSPS) is 23.3. The fourth-order valence-corrected chi connectivity index (χ4v) is 3.63. The molecule has 0 radical (unpaired) electrons. The van der Waals surface area contributed by atoms with Crippen molar-refractivity contribution in [3.05, 3.63) is 23.8 Å². The van der Waals surface area contributed by atoms with E-state index in [4.69, 9.17) is 19.9 Å². The van der Waals surface area contributed by atoms with Gasteiger partial charge in [-0.05, 0) is 38.0 Å². The number of hydrogen-bond acceptors (Lipinski definition) is 5. The molecule has 1 aromatic rings. The van der Waals surface area contributed by atoms with Crippen molar-refractivity contribution in [1.29, 1.82) is 0 Å². The predicted molar refractivity (Wildman–Crippen MR) is 118 cm³/mol. The summed E-state index contributed by atoms with van der Waals surface area (Å²) in [7, 11) is 1.62. The van der Waals surface area contributed by atoms with E-state index in [1.165, 1.54) is 0 Å². The first-order valence-electron chi connectivity index (χ1n) is 10.2. The lowest BCUT2D eigenvalue weighted by Gasteiger charge is -2.57. The summed E-state index contributed by atoms with van der Waals surface area (Å²) in [6, 6.07) is 5.55. The summed E-state index contributed by atoms with van der Waals surface area (Å²) in [5.41, 5.74) is 6.07. The molecule has 0 bridgehead atoms. The average Bonchev–Trinajstić information content (AvgIpc) is 2.67. The van der Waals surface area contributed by atoms with Gasteiger partial charge < -0.3 is 25.3 Å². The second-order valence-electron chi connectivity index (χ2n) is 8.15. The molecular weight excluding hydrogens is 392 g/mol. The Kier molecular flexibility index (Phi) is 9.25. The fourth-order valence-electron chi connectivity index (χ4n) is 3.63. The van der Waals surface area contributed by atoms with Gasteiger partial charge in [-0.1, -0.05) is 33.3 Å². The molecule has 29 heavy (non-hydrogen) atoms.